The first-order chi connectivity index (χ1) is 24.7. The molecule has 0 spiro atoms. The molecule has 7 rings (SSSR count). The molecule has 1 atom stereocenters. The maximum atomic E-state index is 15.7. The zero-order valence-corrected chi connectivity index (χ0v) is 27.8. The van der Waals surface area contributed by atoms with E-state index in [0.717, 1.165) is 18.4 Å². The Bertz CT molecular complexity index is 2140. The van der Waals surface area contributed by atoms with Crippen molar-refractivity contribution in [3.8, 4) is 22.3 Å². The van der Waals surface area contributed by atoms with Gasteiger partial charge in [0.2, 0.25) is 5.43 Å². The number of aromatic nitrogens is 4. The highest BCUT2D eigenvalue weighted by Crippen LogP contribution is 2.32. The number of ether oxygens (including phenoxy) is 2. The molecule has 5 heterocycles. The van der Waals surface area contributed by atoms with Crippen LogP contribution < -0.4 is 11.2 Å². The molecule has 13 heteroatoms. The summed E-state index contributed by atoms with van der Waals surface area (Å²) in [4.78, 5) is 46.5. The number of hydrogen-bond acceptors (Lipinski definition) is 8. The highest BCUT2D eigenvalue weighted by molar-refractivity contribution is 6.01. The molecule has 0 saturated carbocycles. The minimum atomic E-state index is -0.678. The van der Waals surface area contributed by atoms with Crippen LogP contribution in [0.15, 0.2) is 84.3 Å². The van der Waals surface area contributed by atoms with Gasteiger partial charge in [-0.15, -0.1) is 0 Å². The molecule has 51 heavy (non-hydrogen) atoms. The number of benzene rings is 2. The van der Waals surface area contributed by atoms with Crippen LogP contribution in [-0.4, -0.2) is 74.9 Å². The number of carbonyl (C=O) groups is 2. The van der Waals surface area contributed by atoms with Crippen molar-refractivity contribution in [2.45, 2.75) is 38.5 Å². The highest BCUT2D eigenvalue weighted by atomic mass is 19.1. The molecule has 2 aromatic carbocycles. The van der Waals surface area contributed by atoms with E-state index in [9.17, 15) is 18.8 Å². The second-order valence-corrected chi connectivity index (χ2v) is 12.8. The molecule has 0 radical (unpaired) electrons. The molecule has 1 amide bonds. The predicted molar refractivity (Wildman–Crippen MR) is 185 cm³/mol. The molecule has 2 aliphatic rings. The maximum absolute atomic E-state index is 15.7. The van der Waals surface area contributed by atoms with Gasteiger partial charge in [0.05, 0.1) is 38.1 Å². The van der Waals surface area contributed by atoms with E-state index in [4.69, 9.17) is 15.2 Å². The van der Waals surface area contributed by atoms with Crippen molar-refractivity contribution >= 4 is 17.5 Å². The molecule has 2 saturated heterocycles. The van der Waals surface area contributed by atoms with Gasteiger partial charge in [-0.2, -0.15) is 5.10 Å². The number of anilines is 1. The summed E-state index contributed by atoms with van der Waals surface area (Å²) in [7, 11) is 0. The molecule has 0 bridgehead atoms. The molecule has 262 valence electrons. The van der Waals surface area contributed by atoms with Crippen LogP contribution in [-0.2, 0) is 29.0 Å². The topological polar surface area (TPSA) is 135 Å². The van der Waals surface area contributed by atoms with Crippen molar-refractivity contribution in [1.82, 2.24) is 24.2 Å². The minimum Gasteiger partial charge on any atom is -0.383 e. The van der Waals surface area contributed by atoms with Crippen LogP contribution in [0.25, 0.3) is 22.3 Å². The van der Waals surface area contributed by atoms with Gasteiger partial charge in [0.15, 0.2) is 5.78 Å². The van der Waals surface area contributed by atoms with Gasteiger partial charge in [0.25, 0.3) is 5.91 Å². The third-order valence-electron chi connectivity index (χ3n) is 9.13. The second-order valence-electron chi connectivity index (χ2n) is 12.8. The summed E-state index contributed by atoms with van der Waals surface area (Å²) in [6, 6.07) is 11.9. The van der Waals surface area contributed by atoms with Gasteiger partial charge in [-0.3, -0.25) is 19.1 Å². The first-order valence-corrected chi connectivity index (χ1v) is 16.8. The number of carbonyl (C=O) groups excluding carboxylic acids is 2. The lowest BCUT2D eigenvalue weighted by Gasteiger charge is -2.22. The molecular formula is C38H36F2N6O5. The summed E-state index contributed by atoms with van der Waals surface area (Å²) in [6.45, 7) is 3.37. The SMILES string of the molecule is Nc1ncc(-c2cnn(C[C@H]3COCCO3)c2)cc1-c1ccc(CC(=O)c2cn(Cc3ccc(F)cc3)cc(C(=O)N3CCCC3)c2=O)cc1F. The summed E-state index contributed by atoms with van der Waals surface area (Å²) in [5, 5.41) is 4.42. The minimum absolute atomic E-state index is 0.102. The summed E-state index contributed by atoms with van der Waals surface area (Å²) in [5.41, 5.74) is 8.28. The average molecular weight is 695 g/mol. The Labute approximate surface area is 292 Å². The zero-order valence-electron chi connectivity index (χ0n) is 27.8. The molecule has 5 aromatic rings. The van der Waals surface area contributed by atoms with Crippen molar-refractivity contribution in [2.75, 3.05) is 38.6 Å². The first-order valence-electron chi connectivity index (χ1n) is 16.8. The summed E-state index contributed by atoms with van der Waals surface area (Å²) >= 11 is 0. The van der Waals surface area contributed by atoms with Gasteiger partial charge in [0.1, 0.15) is 29.1 Å². The lowest BCUT2D eigenvalue weighted by molar-refractivity contribution is -0.0946. The number of likely N-dealkylation sites (tertiary alicyclic amines) is 1. The van der Waals surface area contributed by atoms with Crippen molar-refractivity contribution in [2.24, 2.45) is 0 Å². The molecule has 2 N–H and O–H groups in total. The number of amides is 1. The van der Waals surface area contributed by atoms with Crippen molar-refractivity contribution in [3.63, 3.8) is 0 Å². The number of ketones is 1. The van der Waals surface area contributed by atoms with E-state index in [0.29, 0.717) is 61.7 Å². The average Bonchev–Trinajstić information content (AvgIpc) is 3.84. The lowest BCUT2D eigenvalue weighted by atomic mass is 9.97. The second kappa shape index (κ2) is 14.8. The first kappa shape index (κ1) is 33.9. The molecular weight excluding hydrogens is 658 g/mol. The van der Waals surface area contributed by atoms with Gasteiger partial charge in [-0.05, 0) is 48.2 Å². The largest absolute Gasteiger partial charge is 0.383 e. The van der Waals surface area contributed by atoms with E-state index >= 15 is 4.39 Å². The highest BCUT2D eigenvalue weighted by Gasteiger charge is 2.26. The normalized spacial score (nSPS) is 16.0. The van der Waals surface area contributed by atoms with Crippen molar-refractivity contribution < 1.29 is 27.8 Å². The number of pyridine rings is 2. The van der Waals surface area contributed by atoms with Gasteiger partial charge in [-0.1, -0.05) is 24.3 Å². The van der Waals surface area contributed by atoms with Gasteiger partial charge in [-0.25, -0.2) is 13.8 Å². The van der Waals surface area contributed by atoms with Crippen LogP contribution in [0.5, 0.6) is 0 Å². The van der Waals surface area contributed by atoms with Crippen LogP contribution in [0.2, 0.25) is 0 Å². The Morgan fingerprint density at radius 3 is 2.39 bits per heavy atom. The molecule has 2 fully saturated rings. The fourth-order valence-electron chi connectivity index (χ4n) is 6.44. The molecule has 2 aliphatic heterocycles. The van der Waals surface area contributed by atoms with E-state index in [1.807, 2.05) is 6.20 Å². The monoisotopic (exact) mass is 694 g/mol. The van der Waals surface area contributed by atoms with Gasteiger partial charge in [0, 0.05) is 73.1 Å². The molecule has 11 nitrogen and oxygen atoms in total. The fourth-order valence-corrected chi connectivity index (χ4v) is 6.44. The molecule has 3 aromatic heterocycles. The van der Waals surface area contributed by atoms with E-state index in [2.05, 4.69) is 10.1 Å². The third-order valence-corrected chi connectivity index (χ3v) is 9.13. The number of nitrogen functional groups attached to an aromatic ring is 1. The zero-order chi connectivity index (χ0) is 35.5. The Hall–Kier alpha value is -5.53. The van der Waals surface area contributed by atoms with Gasteiger partial charge < -0.3 is 24.7 Å². The van der Waals surface area contributed by atoms with E-state index in [1.54, 1.807) is 50.8 Å². The number of rotatable bonds is 10. The molecule has 0 aliphatic carbocycles. The van der Waals surface area contributed by atoms with Crippen LogP contribution in [0.4, 0.5) is 14.6 Å². The van der Waals surface area contributed by atoms with E-state index in [1.165, 1.54) is 36.7 Å². The number of nitrogens with zero attached hydrogens (tertiary/aromatic N) is 5. The fraction of sp³-hybridized carbons (Fsp3) is 0.289. The number of Topliss-reactive ketones (excluding diaryl/α,β-unsaturated/α-hetero) is 1. The Balaban J connectivity index is 1.13. The van der Waals surface area contributed by atoms with Crippen LogP contribution >= 0.6 is 0 Å². The van der Waals surface area contributed by atoms with Crippen LogP contribution in [0, 0.1) is 11.6 Å². The summed E-state index contributed by atoms with van der Waals surface area (Å²) in [6.07, 6.45) is 9.25. The lowest BCUT2D eigenvalue weighted by Crippen LogP contribution is -2.34. The number of nitrogens with two attached hydrogens (primary N) is 1. The van der Waals surface area contributed by atoms with Crippen LogP contribution in [0.1, 0.15) is 44.7 Å². The summed E-state index contributed by atoms with van der Waals surface area (Å²) < 4.78 is 43.8. The van der Waals surface area contributed by atoms with E-state index in [-0.39, 0.29) is 41.6 Å². The third kappa shape index (κ3) is 7.64. The Morgan fingerprint density at radius 2 is 1.65 bits per heavy atom. The van der Waals surface area contributed by atoms with Crippen molar-refractivity contribution in [1.29, 1.82) is 0 Å². The predicted octanol–water partition coefficient (Wildman–Crippen LogP) is 4.76. The Morgan fingerprint density at radius 1 is 0.882 bits per heavy atom. The smallest absolute Gasteiger partial charge is 0.259 e. The standard InChI is InChI=1S/C38H36F2N6O5/c39-28-6-3-24(4-7-28)18-44-21-32(36(48)33(22-44)38(49)45-9-1-2-10-45)35(47)14-25-5-8-30(34(40)13-25)31-15-26(16-42-37(31)41)27-17-43-46(19-27)20-29-23-50-11-12-51-29/h3-8,13,15-17,19,21-22,29H,1-2,9-12,14,18,20,23H2,(H2,41,42)/t29-/m0/s1. The summed E-state index contributed by atoms with van der Waals surface area (Å²) in [5.74, 6) is -1.90. The number of halogens is 2. The maximum Gasteiger partial charge on any atom is 0.259 e. The van der Waals surface area contributed by atoms with Crippen LogP contribution in [0.3, 0.4) is 0 Å². The van der Waals surface area contributed by atoms with E-state index < -0.39 is 28.8 Å². The Kier molecular flexibility index (Phi) is 9.82. The van der Waals surface area contributed by atoms with Gasteiger partial charge >= 0.3 is 0 Å². The molecule has 0 unspecified atom stereocenters. The quantitative estimate of drug-likeness (QED) is 0.207. The van der Waals surface area contributed by atoms with Crippen molar-refractivity contribution in [3.05, 3.63) is 124 Å². The number of hydrogen-bond donors (Lipinski definition) is 1.